The van der Waals surface area contributed by atoms with E-state index in [-0.39, 0.29) is 10.6 Å². The average molecular weight is 313 g/mol. The number of nitrogens with zero attached hydrogens (tertiary/aromatic N) is 2. The molecule has 0 bridgehead atoms. The molecule has 2 aromatic carbocycles. The van der Waals surface area contributed by atoms with Gasteiger partial charge in [0, 0.05) is 37.9 Å². The van der Waals surface area contributed by atoms with Gasteiger partial charge in [-0.3, -0.25) is 10.1 Å². The Morgan fingerprint density at radius 1 is 1.13 bits per heavy atom. The zero-order valence-corrected chi connectivity index (χ0v) is 12.8. The maximum atomic E-state index is 11.4. The summed E-state index contributed by atoms with van der Waals surface area (Å²) in [7, 11) is 0. The van der Waals surface area contributed by atoms with Gasteiger partial charge in [-0.05, 0) is 17.7 Å². The highest BCUT2D eigenvalue weighted by molar-refractivity contribution is 5.60. The molecule has 0 aliphatic carbocycles. The van der Waals surface area contributed by atoms with E-state index < -0.39 is 0 Å². The number of nitro groups is 1. The fourth-order valence-electron chi connectivity index (χ4n) is 2.63. The van der Waals surface area contributed by atoms with Gasteiger partial charge < -0.3 is 15.0 Å². The lowest BCUT2D eigenvalue weighted by atomic mass is 10.2. The van der Waals surface area contributed by atoms with Crippen molar-refractivity contribution in [3.05, 3.63) is 64.2 Å². The van der Waals surface area contributed by atoms with Gasteiger partial charge in [0.25, 0.3) is 0 Å². The standard InChI is InChI=1S/C17H19N3O3/c21-20(22)16-12-15(19-10-8-18-9-11-19)6-7-17(16)23-13-14-4-2-1-3-5-14/h1-7,12,18H,8-11,13H2. The van der Waals surface area contributed by atoms with Crippen LogP contribution in [0.4, 0.5) is 11.4 Å². The summed E-state index contributed by atoms with van der Waals surface area (Å²) in [5.41, 5.74) is 1.86. The van der Waals surface area contributed by atoms with E-state index in [1.54, 1.807) is 12.1 Å². The largest absolute Gasteiger partial charge is 0.482 e. The van der Waals surface area contributed by atoms with E-state index in [1.165, 1.54) is 0 Å². The number of benzene rings is 2. The van der Waals surface area contributed by atoms with Crippen LogP contribution in [0.15, 0.2) is 48.5 Å². The first-order valence-electron chi connectivity index (χ1n) is 7.65. The van der Waals surface area contributed by atoms with Crippen molar-refractivity contribution in [3.63, 3.8) is 0 Å². The summed E-state index contributed by atoms with van der Waals surface area (Å²) in [4.78, 5) is 13.1. The van der Waals surface area contributed by atoms with Gasteiger partial charge in [0.2, 0.25) is 0 Å². The molecule has 1 aliphatic heterocycles. The number of rotatable bonds is 5. The number of ether oxygens (including phenoxy) is 1. The molecule has 0 saturated carbocycles. The zero-order chi connectivity index (χ0) is 16.1. The van der Waals surface area contributed by atoms with Crippen LogP contribution in [0.3, 0.4) is 0 Å². The van der Waals surface area contributed by atoms with E-state index in [9.17, 15) is 10.1 Å². The van der Waals surface area contributed by atoms with Crippen molar-refractivity contribution in [3.8, 4) is 5.75 Å². The highest BCUT2D eigenvalue weighted by Crippen LogP contribution is 2.32. The summed E-state index contributed by atoms with van der Waals surface area (Å²) >= 11 is 0. The summed E-state index contributed by atoms with van der Waals surface area (Å²) in [5, 5.41) is 14.6. The van der Waals surface area contributed by atoms with Crippen molar-refractivity contribution < 1.29 is 9.66 Å². The summed E-state index contributed by atoms with van der Waals surface area (Å²) in [6, 6.07) is 14.8. The van der Waals surface area contributed by atoms with E-state index in [0.29, 0.717) is 12.4 Å². The molecule has 1 fully saturated rings. The topological polar surface area (TPSA) is 67.6 Å². The highest BCUT2D eigenvalue weighted by atomic mass is 16.6. The summed E-state index contributed by atoms with van der Waals surface area (Å²) in [6.45, 7) is 3.79. The molecule has 6 heteroatoms. The second-order valence-electron chi connectivity index (χ2n) is 5.42. The second kappa shape index (κ2) is 7.11. The first-order valence-corrected chi connectivity index (χ1v) is 7.65. The van der Waals surface area contributed by atoms with Crippen LogP contribution in [-0.2, 0) is 6.61 Å². The summed E-state index contributed by atoms with van der Waals surface area (Å²) < 4.78 is 5.65. The van der Waals surface area contributed by atoms with E-state index in [1.807, 2.05) is 36.4 Å². The second-order valence-corrected chi connectivity index (χ2v) is 5.42. The van der Waals surface area contributed by atoms with Crippen LogP contribution in [0.5, 0.6) is 5.75 Å². The van der Waals surface area contributed by atoms with Crippen LogP contribution in [0.25, 0.3) is 0 Å². The molecular formula is C17H19N3O3. The number of nitrogens with one attached hydrogen (secondary N) is 1. The van der Waals surface area contributed by atoms with Crippen LogP contribution < -0.4 is 15.0 Å². The van der Waals surface area contributed by atoms with Gasteiger partial charge in [-0.1, -0.05) is 30.3 Å². The third-order valence-electron chi connectivity index (χ3n) is 3.86. The number of piperazine rings is 1. The molecule has 120 valence electrons. The van der Waals surface area contributed by atoms with Crippen LogP contribution in [0.1, 0.15) is 5.56 Å². The van der Waals surface area contributed by atoms with Gasteiger partial charge in [0.05, 0.1) is 4.92 Å². The molecule has 0 radical (unpaired) electrons. The quantitative estimate of drug-likeness (QED) is 0.679. The van der Waals surface area contributed by atoms with Crippen LogP contribution >= 0.6 is 0 Å². The summed E-state index contributed by atoms with van der Waals surface area (Å²) in [5.74, 6) is 0.303. The Hall–Kier alpha value is -2.60. The Kier molecular flexibility index (Phi) is 4.73. The van der Waals surface area contributed by atoms with Crippen molar-refractivity contribution in [2.45, 2.75) is 6.61 Å². The van der Waals surface area contributed by atoms with Crippen molar-refractivity contribution in [2.75, 3.05) is 31.1 Å². The molecule has 0 aromatic heterocycles. The molecule has 0 spiro atoms. The molecule has 0 amide bonds. The fraction of sp³-hybridized carbons (Fsp3) is 0.294. The molecule has 2 aromatic rings. The Balaban J connectivity index is 1.78. The molecular weight excluding hydrogens is 294 g/mol. The van der Waals surface area contributed by atoms with Crippen molar-refractivity contribution in [1.29, 1.82) is 0 Å². The molecule has 1 N–H and O–H groups in total. The minimum absolute atomic E-state index is 0.0111. The maximum Gasteiger partial charge on any atom is 0.312 e. The summed E-state index contributed by atoms with van der Waals surface area (Å²) in [6.07, 6.45) is 0. The SMILES string of the molecule is O=[N+]([O-])c1cc(N2CCNCC2)ccc1OCc1ccccc1. The number of nitro benzene ring substituents is 1. The highest BCUT2D eigenvalue weighted by Gasteiger charge is 2.19. The van der Waals surface area contributed by atoms with Crippen molar-refractivity contribution in [2.24, 2.45) is 0 Å². The van der Waals surface area contributed by atoms with E-state index in [2.05, 4.69) is 10.2 Å². The third-order valence-corrected chi connectivity index (χ3v) is 3.86. The molecule has 0 unspecified atom stereocenters. The molecule has 0 atom stereocenters. The minimum Gasteiger partial charge on any atom is -0.482 e. The Morgan fingerprint density at radius 3 is 2.57 bits per heavy atom. The Morgan fingerprint density at radius 2 is 1.87 bits per heavy atom. The molecule has 1 heterocycles. The lowest BCUT2D eigenvalue weighted by Gasteiger charge is -2.29. The van der Waals surface area contributed by atoms with Crippen molar-refractivity contribution in [1.82, 2.24) is 5.32 Å². The van der Waals surface area contributed by atoms with Crippen LogP contribution in [0.2, 0.25) is 0 Å². The Labute approximate surface area is 134 Å². The predicted molar refractivity (Wildman–Crippen MR) is 89.0 cm³/mol. The zero-order valence-electron chi connectivity index (χ0n) is 12.8. The normalized spacial score (nSPS) is 14.5. The number of hydrogen-bond donors (Lipinski definition) is 1. The molecule has 1 saturated heterocycles. The maximum absolute atomic E-state index is 11.4. The molecule has 1 aliphatic rings. The van der Waals surface area contributed by atoms with Gasteiger partial charge in [-0.25, -0.2) is 0 Å². The average Bonchev–Trinajstić information content (AvgIpc) is 2.61. The monoisotopic (exact) mass is 313 g/mol. The molecule has 23 heavy (non-hydrogen) atoms. The number of hydrogen-bond acceptors (Lipinski definition) is 5. The lowest BCUT2D eigenvalue weighted by molar-refractivity contribution is -0.385. The minimum atomic E-state index is -0.383. The van der Waals surface area contributed by atoms with Gasteiger partial charge in [0.1, 0.15) is 6.61 Å². The van der Waals surface area contributed by atoms with Gasteiger partial charge >= 0.3 is 5.69 Å². The predicted octanol–water partition coefficient (Wildman–Crippen LogP) is 2.58. The number of anilines is 1. The van der Waals surface area contributed by atoms with E-state index in [0.717, 1.165) is 37.4 Å². The van der Waals surface area contributed by atoms with Gasteiger partial charge in [-0.15, -0.1) is 0 Å². The van der Waals surface area contributed by atoms with E-state index >= 15 is 0 Å². The Bertz CT molecular complexity index is 670. The smallest absolute Gasteiger partial charge is 0.312 e. The van der Waals surface area contributed by atoms with Crippen LogP contribution in [-0.4, -0.2) is 31.1 Å². The molecule has 6 nitrogen and oxygen atoms in total. The first kappa shape index (κ1) is 15.3. The van der Waals surface area contributed by atoms with Crippen molar-refractivity contribution >= 4 is 11.4 Å². The fourth-order valence-corrected chi connectivity index (χ4v) is 2.63. The first-order chi connectivity index (χ1) is 11.2. The van der Waals surface area contributed by atoms with Gasteiger partial charge in [-0.2, -0.15) is 0 Å². The lowest BCUT2D eigenvalue weighted by Crippen LogP contribution is -2.43. The van der Waals surface area contributed by atoms with Crippen LogP contribution in [0, 0.1) is 10.1 Å². The van der Waals surface area contributed by atoms with Gasteiger partial charge in [0.15, 0.2) is 5.75 Å². The third kappa shape index (κ3) is 3.78. The molecule has 3 rings (SSSR count). The van der Waals surface area contributed by atoms with E-state index in [4.69, 9.17) is 4.74 Å².